The summed E-state index contributed by atoms with van der Waals surface area (Å²) in [4.78, 5) is 12.7. The molecule has 4 N–H and O–H groups in total. The number of hydrogen-bond donors (Lipinski definition) is 3. The Morgan fingerprint density at radius 1 is 1.17 bits per heavy atom. The van der Waals surface area contributed by atoms with Crippen LogP contribution >= 0.6 is 0 Å². The van der Waals surface area contributed by atoms with Crippen LogP contribution < -0.4 is 25.8 Å². The summed E-state index contributed by atoms with van der Waals surface area (Å²) in [6, 6.07) is 12.5. The second-order valence-corrected chi connectivity index (χ2v) is 7.39. The molecule has 12 heteroatoms. The first-order valence-electron chi connectivity index (χ1n) is 10.6. The van der Waals surface area contributed by atoms with Crippen molar-refractivity contribution in [1.82, 2.24) is 15.1 Å². The van der Waals surface area contributed by atoms with Gasteiger partial charge in [0.2, 0.25) is 5.88 Å². The van der Waals surface area contributed by atoms with Crippen LogP contribution in [0.5, 0.6) is 11.6 Å². The highest BCUT2D eigenvalue weighted by Crippen LogP contribution is 2.29. The molecule has 9 nitrogen and oxygen atoms in total. The molecule has 3 rings (SSSR count). The van der Waals surface area contributed by atoms with Crippen molar-refractivity contribution in [2.24, 2.45) is 5.73 Å². The van der Waals surface area contributed by atoms with Crippen LogP contribution in [0.25, 0.3) is 5.69 Å². The molecule has 0 atom stereocenters. The maximum absolute atomic E-state index is 12.8. The Hall–Kier alpha value is -3.77. The molecule has 0 unspecified atom stereocenters. The van der Waals surface area contributed by atoms with Crippen LogP contribution in [0, 0.1) is 6.92 Å². The summed E-state index contributed by atoms with van der Waals surface area (Å²) in [6.07, 6.45) is -4.88. The molecular formula is C23H26F3N5O4. The van der Waals surface area contributed by atoms with E-state index in [-0.39, 0.29) is 31.9 Å². The van der Waals surface area contributed by atoms with Gasteiger partial charge in [0.05, 0.1) is 17.9 Å². The lowest BCUT2D eigenvalue weighted by Gasteiger charge is -2.16. The fourth-order valence-corrected chi connectivity index (χ4v) is 3.25. The number of hydrogen-bond acceptors (Lipinski definition) is 6. The quantitative estimate of drug-likeness (QED) is 0.395. The van der Waals surface area contributed by atoms with Crippen LogP contribution in [0.15, 0.2) is 48.5 Å². The van der Waals surface area contributed by atoms with Gasteiger partial charge >= 0.3 is 12.4 Å². The third kappa shape index (κ3) is 7.11. The normalized spacial score (nSPS) is 11.3. The van der Waals surface area contributed by atoms with Crippen molar-refractivity contribution in [3.63, 3.8) is 0 Å². The van der Waals surface area contributed by atoms with E-state index in [1.54, 1.807) is 19.1 Å². The number of nitrogens with zero attached hydrogens (tertiary/aromatic N) is 2. The molecule has 0 aliphatic carbocycles. The second-order valence-electron chi connectivity index (χ2n) is 7.39. The van der Waals surface area contributed by atoms with Gasteiger partial charge in [-0.2, -0.15) is 0 Å². The number of nitrogens with one attached hydrogen (secondary N) is 2. The molecule has 0 spiro atoms. The van der Waals surface area contributed by atoms with Gasteiger partial charge in [-0.1, -0.05) is 24.3 Å². The van der Waals surface area contributed by atoms with Gasteiger partial charge in [0.1, 0.15) is 18.2 Å². The highest BCUT2D eigenvalue weighted by atomic mass is 19.4. The highest BCUT2D eigenvalue weighted by Gasteiger charge is 2.32. The summed E-state index contributed by atoms with van der Waals surface area (Å²) >= 11 is 0. The number of rotatable bonds is 10. The lowest BCUT2D eigenvalue weighted by atomic mass is 10.1. The first kappa shape index (κ1) is 25.8. The fraction of sp³-hybridized carbons (Fsp3) is 0.304. The number of halogens is 3. The molecule has 188 valence electrons. The zero-order valence-electron chi connectivity index (χ0n) is 19.2. The van der Waals surface area contributed by atoms with Crippen LogP contribution in [0.2, 0.25) is 0 Å². The summed E-state index contributed by atoms with van der Waals surface area (Å²) in [5.74, 6) is 0.212. The average molecular weight is 493 g/mol. The van der Waals surface area contributed by atoms with E-state index in [1.807, 2.05) is 18.2 Å². The summed E-state index contributed by atoms with van der Waals surface area (Å²) < 4.78 is 54.7. The summed E-state index contributed by atoms with van der Waals surface area (Å²) in [7, 11) is 1.47. The number of benzene rings is 2. The van der Waals surface area contributed by atoms with Crippen molar-refractivity contribution >= 4 is 11.8 Å². The van der Waals surface area contributed by atoms with E-state index < -0.39 is 18.1 Å². The number of carbonyl (C=O) groups is 1. The molecule has 35 heavy (non-hydrogen) atoms. The third-order valence-electron chi connectivity index (χ3n) is 4.77. The predicted molar refractivity (Wildman–Crippen MR) is 123 cm³/mol. The molecule has 2 aromatic carbocycles. The first-order valence-corrected chi connectivity index (χ1v) is 10.6. The minimum atomic E-state index is -4.88. The molecule has 0 aliphatic heterocycles. The molecule has 1 heterocycles. The van der Waals surface area contributed by atoms with E-state index in [9.17, 15) is 18.0 Å². The lowest BCUT2D eigenvalue weighted by molar-refractivity contribution is -0.274. The van der Waals surface area contributed by atoms with Gasteiger partial charge in [-0.3, -0.25) is 5.32 Å². The maximum Gasteiger partial charge on any atom is 0.573 e. The van der Waals surface area contributed by atoms with E-state index in [4.69, 9.17) is 15.2 Å². The molecule has 0 saturated heterocycles. The van der Waals surface area contributed by atoms with Gasteiger partial charge in [-0.05, 0) is 36.8 Å². The number of aromatic nitrogens is 2. The minimum absolute atomic E-state index is 0.132. The SMILES string of the molecule is COCc1ccc(OC(F)(F)F)c(CNC(=O)Nc2c(C)c(OCCN)nn2-c2ccccc2)c1. The smallest absolute Gasteiger partial charge is 0.475 e. The van der Waals surface area contributed by atoms with Gasteiger partial charge in [0, 0.05) is 25.8 Å². The van der Waals surface area contributed by atoms with Crippen molar-refractivity contribution in [2.45, 2.75) is 26.4 Å². The molecule has 2 amide bonds. The minimum Gasteiger partial charge on any atom is -0.475 e. The zero-order chi connectivity index (χ0) is 25.4. The van der Waals surface area contributed by atoms with Gasteiger partial charge < -0.3 is 25.3 Å². The number of anilines is 1. The molecule has 0 saturated carbocycles. The van der Waals surface area contributed by atoms with E-state index in [0.29, 0.717) is 28.5 Å². The van der Waals surface area contributed by atoms with Crippen LogP contribution in [0.4, 0.5) is 23.8 Å². The number of ether oxygens (including phenoxy) is 3. The molecule has 3 aromatic rings. The second kappa shape index (κ2) is 11.6. The highest BCUT2D eigenvalue weighted by molar-refractivity contribution is 5.89. The zero-order valence-corrected chi connectivity index (χ0v) is 19.2. The Morgan fingerprint density at radius 3 is 2.57 bits per heavy atom. The number of carbonyl (C=O) groups excluding carboxylic acids is 1. The number of alkyl halides is 3. The molecular weight excluding hydrogens is 467 g/mol. The van der Waals surface area contributed by atoms with Crippen LogP contribution in [-0.2, 0) is 17.9 Å². The van der Waals surface area contributed by atoms with Crippen molar-refractivity contribution in [3.05, 3.63) is 65.2 Å². The predicted octanol–water partition coefficient (Wildman–Crippen LogP) is 3.88. The van der Waals surface area contributed by atoms with E-state index in [2.05, 4.69) is 20.5 Å². The Bertz CT molecular complexity index is 1140. The fourth-order valence-electron chi connectivity index (χ4n) is 3.25. The first-order chi connectivity index (χ1) is 16.7. The van der Waals surface area contributed by atoms with Crippen molar-refractivity contribution < 1.29 is 32.2 Å². The van der Waals surface area contributed by atoms with Gasteiger partial charge in [0.25, 0.3) is 0 Å². The Kier molecular flexibility index (Phi) is 8.55. The number of urea groups is 1. The van der Waals surface area contributed by atoms with Crippen LogP contribution in [0.3, 0.4) is 0 Å². The number of amides is 2. The largest absolute Gasteiger partial charge is 0.573 e. The standard InChI is InChI=1S/C23H26F3N5O4/c1-15-20(31(18-6-4-3-5-7-18)30-21(15)34-11-10-27)29-22(32)28-13-17-12-16(14-33-2)8-9-19(17)35-23(24,25)26/h3-9,12H,10-11,13-14,27H2,1-2H3,(H2,28,29,32). The van der Waals surface area contributed by atoms with Crippen molar-refractivity contribution in [2.75, 3.05) is 25.6 Å². The van der Waals surface area contributed by atoms with E-state index in [1.165, 1.54) is 30.0 Å². The molecule has 0 bridgehead atoms. The Morgan fingerprint density at radius 2 is 1.91 bits per heavy atom. The third-order valence-corrected chi connectivity index (χ3v) is 4.77. The summed E-state index contributed by atoms with van der Waals surface area (Å²) in [5.41, 5.74) is 7.49. The van der Waals surface area contributed by atoms with Gasteiger partial charge in [-0.15, -0.1) is 18.3 Å². The van der Waals surface area contributed by atoms with Crippen LogP contribution in [0.1, 0.15) is 16.7 Å². The lowest BCUT2D eigenvalue weighted by Crippen LogP contribution is -2.30. The Balaban J connectivity index is 1.81. The molecule has 0 aliphatic rings. The topological polar surface area (TPSA) is 113 Å². The monoisotopic (exact) mass is 493 g/mol. The van der Waals surface area contributed by atoms with E-state index in [0.717, 1.165) is 0 Å². The van der Waals surface area contributed by atoms with Gasteiger partial charge in [-0.25, -0.2) is 9.48 Å². The Labute approximate surface area is 200 Å². The maximum atomic E-state index is 12.8. The van der Waals surface area contributed by atoms with Crippen molar-refractivity contribution in [1.29, 1.82) is 0 Å². The number of methoxy groups -OCH3 is 1. The molecule has 0 fully saturated rings. The number of nitrogens with two attached hydrogens (primary N) is 1. The van der Waals surface area contributed by atoms with E-state index >= 15 is 0 Å². The van der Waals surface area contributed by atoms with Gasteiger partial charge in [0.15, 0.2) is 0 Å². The molecule has 0 radical (unpaired) electrons. The summed E-state index contributed by atoms with van der Waals surface area (Å²) in [5, 5.41) is 9.68. The average Bonchev–Trinajstić information content (AvgIpc) is 3.12. The number of para-hydroxylation sites is 1. The summed E-state index contributed by atoms with van der Waals surface area (Å²) in [6.45, 7) is 2.19. The molecule has 1 aromatic heterocycles. The van der Waals surface area contributed by atoms with Crippen molar-refractivity contribution in [3.8, 4) is 17.3 Å². The van der Waals surface area contributed by atoms with Crippen LogP contribution in [-0.4, -0.2) is 42.4 Å².